The fourth-order valence-corrected chi connectivity index (χ4v) is 4.57. The van der Waals surface area contributed by atoms with Gasteiger partial charge in [0.1, 0.15) is 5.00 Å². The summed E-state index contributed by atoms with van der Waals surface area (Å²) in [5.74, 6) is -1.04. The highest BCUT2D eigenvalue weighted by Gasteiger charge is 2.25. The van der Waals surface area contributed by atoms with E-state index < -0.39 is 5.97 Å². The molecule has 0 saturated heterocycles. The summed E-state index contributed by atoms with van der Waals surface area (Å²) in [5.41, 5.74) is 3.69. The Morgan fingerprint density at radius 1 is 1.16 bits per heavy atom. The highest BCUT2D eigenvalue weighted by molar-refractivity contribution is 7.17. The molecule has 132 valence electrons. The second-order valence-corrected chi connectivity index (χ2v) is 7.71. The molecule has 0 unspecified atom stereocenters. The number of hydrogen-bond donors (Lipinski definition) is 2. The number of carboxylic acids is 1. The third kappa shape index (κ3) is 4.28. The van der Waals surface area contributed by atoms with Crippen LogP contribution in [0.1, 0.15) is 57.6 Å². The SMILES string of the molecule is Cc1ccc(CCCC(=O)Nc2sc3c(c2C(=O)O)CCCC3)cc1. The molecule has 0 aliphatic heterocycles. The number of aryl methyl sites for hydroxylation is 3. The number of nitrogens with one attached hydrogen (secondary N) is 1. The summed E-state index contributed by atoms with van der Waals surface area (Å²) >= 11 is 1.44. The first-order valence-electron chi connectivity index (χ1n) is 8.78. The quantitative estimate of drug-likeness (QED) is 0.794. The molecule has 2 aromatic rings. The predicted octanol–water partition coefficient (Wildman–Crippen LogP) is 4.59. The van der Waals surface area contributed by atoms with Gasteiger partial charge in [-0.2, -0.15) is 0 Å². The molecule has 0 fully saturated rings. The summed E-state index contributed by atoms with van der Waals surface area (Å²) in [5, 5.41) is 12.9. The first-order chi connectivity index (χ1) is 12.0. The fraction of sp³-hybridized carbons (Fsp3) is 0.400. The minimum Gasteiger partial charge on any atom is -0.478 e. The van der Waals surface area contributed by atoms with Crippen LogP contribution in [0.25, 0.3) is 0 Å². The van der Waals surface area contributed by atoms with Crippen molar-refractivity contribution < 1.29 is 14.7 Å². The van der Waals surface area contributed by atoms with Crippen LogP contribution in [-0.2, 0) is 24.1 Å². The van der Waals surface area contributed by atoms with Crippen molar-refractivity contribution in [2.45, 2.75) is 51.9 Å². The Morgan fingerprint density at radius 2 is 1.88 bits per heavy atom. The Hall–Kier alpha value is -2.14. The average Bonchev–Trinajstić information content (AvgIpc) is 2.94. The van der Waals surface area contributed by atoms with Gasteiger partial charge in [-0.05, 0) is 56.6 Å². The largest absolute Gasteiger partial charge is 0.478 e. The third-order valence-corrected chi connectivity index (χ3v) is 5.84. The van der Waals surface area contributed by atoms with Crippen molar-refractivity contribution >= 4 is 28.2 Å². The molecule has 1 heterocycles. The number of aromatic carboxylic acids is 1. The molecular weight excluding hydrogens is 334 g/mol. The molecule has 2 N–H and O–H groups in total. The van der Waals surface area contributed by atoms with Crippen LogP contribution >= 0.6 is 11.3 Å². The van der Waals surface area contributed by atoms with E-state index in [2.05, 4.69) is 36.5 Å². The number of thiophene rings is 1. The zero-order valence-electron chi connectivity index (χ0n) is 14.4. The Bertz CT molecular complexity index is 777. The molecule has 0 saturated carbocycles. The normalized spacial score (nSPS) is 13.3. The van der Waals surface area contributed by atoms with Gasteiger partial charge in [0.25, 0.3) is 0 Å². The molecule has 3 rings (SSSR count). The highest BCUT2D eigenvalue weighted by Crippen LogP contribution is 2.38. The van der Waals surface area contributed by atoms with Gasteiger partial charge in [-0.1, -0.05) is 29.8 Å². The van der Waals surface area contributed by atoms with Crippen molar-refractivity contribution in [3.05, 3.63) is 51.4 Å². The van der Waals surface area contributed by atoms with Crippen molar-refractivity contribution in [2.75, 3.05) is 5.32 Å². The van der Waals surface area contributed by atoms with E-state index in [0.29, 0.717) is 17.0 Å². The molecule has 0 bridgehead atoms. The van der Waals surface area contributed by atoms with Crippen LogP contribution < -0.4 is 5.32 Å². The molecule has 25 heavy (non-hydrogen) atoms. The standard InChI is InChI=1S/C20H23NO3S/c1-13-9-11-14(12-10-13)5-4-8-17(22)21-19-18(20(23)24)15-6-2-3-7-16(15)25-19/h9-12H,2-8H2,1H3,(H,21,22)(H,23,24). The van der Waals surface area contributed by atoms with Gasteiger partial charge >= 0.3 is 5.97 Å². The summed E-state index contributed by atoms with van der Waals surface area (Å²) in [7, 11) is 0. The maximum atomic E-state index is 12.2. The minimum atomic E-state index is -0.936. The van der Waals surface area contributed by atoms with Crippen molar-refractivity contribution in [1.82, 2.24) is 0 Å². The smallest absolute Gasteiger partial charge is 0.339 e. The van der Waals surface area contributed by atoms with Gasteiger partial charge in [-0.3, -0.25) is 4.79 Å². The van der Waals surface area contributed by atoms with Crippen LogP contribution in [0.3, 0.4) is 0 Å². The van der Waals surface area contributed by atoms with Gasteiger partial charge < -0.3 is 10.4 Å². The van der Waals surface area contributed by atoms with Crippen LogP contribution in [0.15, 0.2) is 24.3 Å². The summed E-state index contributed by atoms with van der Waals surface area (Å²) in [6.45, 7) is 2.05. The van der Waals surface area contributed by atoms with Crippen molar-refractivity contribution in [3.63, 3.8) is 0 Å². The number of rotatable bonds is 6. The molecule has 1 aliphatic rings. The molecule has 0 radical (unpaired) electrons. The maximum absolute atomic E-state index is 12.2. The molecular formula is C20H23NO3S. The van der Waals surface area contributed by atoms with Gasteiger partial charge in [-0.25, -0.2) is 4.79 Å². The van der Waals surface area contributed by atoms with Gasteiger partial charge in [-0.15, -0.1) is 11.3 Å². The Labute approximate surface area is 151 Å². The monoisotopic (exact) mass is 357 g/mol. The molecule has 1 aromatic heterocycles. The number of anilines is 1. The van der Waals surface area contributed by atoms with E-state index >= 15 is 0 Å². The van der Waals surface area contributed by atoms with E-state index in [9.17, 15) is 14.7 Å². The van der Waals surface area contributed by atoms with Crippen molar-refractivity contribution in [3.8, 4) is 0 Å². The lowest BCUT2D eigenvalue weighted by Crippen LogP contribution is -2.14. The zero-order chi connectivity index (χ0) is 17.8. The van der Waals surface area contributed by atoms with E-state index in [1.54, 1.807) is 0 Å². The van der Waals surface area contributed by atoms with E-state index in [0.717, 1.165) is 49.0 Å². The van der Waals surface area contributed by atoms with Crippen LogP contribution in [0.2, 0.25) is 0 Å². The number of carbonyl (C=O) groups excluding carboxylic acids is 1. The fourth-order valence-electron chi connectivity index (χ4n) is 3.28. The highest BCUT2D eigenvalue weighted by atomic mass is 32.1. The number of carboxylic acid groups (broad SMARTS) is 1. The van der Waals surface area contributed by atoms with Crippen molar-refractivity contribution in [1.29, 1.82) is 0 Å². The average molecular weight is 357 g/mol. The lowest BCUT2D eigenvalue weighted by molar-refractivity contribution is -0.116. The Balaban J connectivity index is 1.60. The number of benzene rings is 1. The maximum Gasteiger partial charge on any atom is 0.339 e. The van der Waals surface area contributed by atoms with E-state index in [-0.39, 0.29) is 5.91 Å². The first kappa shape index (κ1) is 17.7. The molecule has 0 spiro atoms. The topological polar surface area (TPSA) is 66.4 Å². The van der Waals surface area contributed by atoms with Crippen molar-refractivity contribution in [2.24, 2.45) is 0 Å². The Kier molecular flexibility index (Phi) is 5.53. The molecule has 0 atom stereocenters. The van der Waals surface area contributed by atoms with Crippen LogP contribution in [0.5, 0.6) is 0 Å². The zero-order valence-corrected chi connectivity index (χ0v) is 15.2. The predicted molar refractivity (Wildman–Crippen MR) is 101 cm³/mol. The van der Waals surface area contributed by atoms with E-state index in [4.69, 9.17) is 0 Å². The second-order valence-electron chi connectivity index (χ2n) is 6.61. The van der Waals surface area contributed by atoms with E-state index in [1.807, 2.05) is 0 Å². The molecule has 1 aliphatic carbocycles. The molecule has 4 nitrogen and oxygen atoms in total. The van der Waals surface area contributed by atoms with Crippen LogP contribution in [-0.4, -0.2) is 17.0 Å². The van der Waals surface area contributed by atoms with Gasteiger partial charge in [0, 0.05) is 11.3 Å². The van der Waals surface area contributed by atoms with Gasteiger partial charge in [0.05, 0.1) is 5.56 Å². The number of hydrogen-bond acceptors (Lipinski definition) is 3. The molecule has 1 aromatic carbocycles. The second kappa shape index (κ2) is 7.83. The first-order valence-corrected chi connectivity index (χ1v) is 9.59. The lowest BCUT2D eigenvalue weighted by atomic mass is 9.95. The summed E-state index contributed by atoms with van der Waals surface area (Å²) in [6, 6.07) is 8.32. The van der Waals surface area contributed by atoms with Gasteiger partial charge in [0.2, 0.25) is 5.91 Å². The molecule has 1 amide bonds. The number of fused-ring (bicyclic) bond motifs is 1. The van der Waals surface area contributed by atoms with Gasteiger partial charge in [0.15, 0.2) is 0 Å². The summed E-state index contributed by atoms with van der Waals surface area (Å²) < 4.78 is 0. The lowest BCUT2D eigenvalue weighted by Gasteiger charge is -2.10. The number of amides is 1. The minimum absolute atomic E-state index is 0.104. The summed E-state index contributed by atoms with van der Waals surface area (Å²) in [6.07, 6.45) is 5.84. The Morgan fingerprint density at radius 3 is 2.60 bits per heavy atom. The molecule has 5 heteroatoms. The van der Waals surface area contributed by atoms with Crippen LogP contribution in [0, 0.1) is 6.92 Å². The van der Waals surface area contributed by atoms with Crippen LogP contribution in [0.4, 0.5) is 5.00 Å². The number of carbonyl (C=O) groups is 2. The summed E-state index contributed by atoms with van der Waals surface area (Å²) in [4.78, 5) is 25.0. The van der Waals surface area contributed by atoms with E-state index in [1.165, 1.54) is 22.5 Å². The third-order valence-electron chi connectivity index (χ3n) is 4.63.